The molecule has 1 heterocycles. The van der Waals surface area contributed by atoms with Gasteiger partial charge in [-0.2, -0.15) is 0 Å². The van der Waals surface area contributed by atoms with E-state index in [1.54, 1.807) is 31.0 Å². The molecule has 0 spiro atoms. The van der Waals surface area contributed by atoms with Gasteiger partial charge in [0.2, 0.25) is 0 Å². The molecule has 32 heavy (non-hydrogen) atoms. The predicted molar refractivity (Wildman–Crippen MR) is 117 cm³/mol. The number of hydrogen-bond acceptors (Lipinski definition) is 5. The second-order valence-corrected chi connectivity index (χ2v) is 7.13. The summed E-state index contributed by atoms with van der Waals surface area (Å²) >= 11 is 0. The number of aliphatic imine (C=N–C) groups is 1. The molecule has 3 rings (SSSR count). The van der Waals surface area contributed by atoms with E-state index in [1.807, 2.05) is 4.90 Å². The van der Waals surface area contributed by atoms with Crippen LogP contribution in [0.5, 0.6) is 5.75 Å². The highest BCUT2D eigenvalue weighted by Gasteiger charge is 2.18. The van der Waals surface area contributed by atoms with Gasteiger partial charge < -0.3 is 19.3 Å². The number of benzene rings is 2. The van der Waals surface area contributed by atoms with Crippen LogP contribution < -0.4 is 14.5 Å². The van der Waals surface area contributed by atoms with Crippen molar-refractivity contribution in [3.05, 3.63) is 65.6 Å². The van der Waals surface area contributed by atoms with Crippen LogP contribution in [-0.2, 0) is 9.53 Å². The minimum Gasteiger partial charge on any atom is -0.486 e. The third kappa shape index (κ3) is 5.88. The standard InChI is InChI=1S/C23H24F3N3O3/c1-16(7-10-30)27-23(15-32-18-4-5-19(24)20(25)14-18)28(2)17-3-6-22(21(26)13-17)29-8-11-31-12-9-29/h3-7,10,13-14H,8-9,11-12,15H2,1-2H3/b16-7-,27-23?. The van der Waals surface area contributed by atoms with E-state index in [0.717, 1.165) is 12.1 Å². The molecule has 2 aromatic carbocycles. The van der Waals surface area contributed by atoms with E-state index in [2.05, 4.69) is 4.99 Å². The van der Waals surface area contributed by atoms with Gasteiger partial charge in [0.15, 0.2) is 11.6 Å². The molecule has 0 bridgehead atoms. The van der Waals surface area contributed by atoms with Crippen LogP contribution in [-0.4, -0.2) is 52.1 Å². The maximum Gasteiger partial charge on any atom is 0.162 e. The second-order valence-electron chi connectivity index (χ2n) is 7.13. The number of carbonyl (C=O) groups is 1. The van der Waals surface area contributed by atoms with E-state index in [1.165, 1.54) is 18.2 Å². The molecule has 0 aliphatic carbocycles. The summed E-state index contributed by atoms with van der Waals surface area (Å²) in [6, 6.07) is 8.01. The molecule has 0 amide bonds. The molecule has 170 valence electrons. The summed E-state index contributed by atoms with van der Waals surface area (Å²) in [7, 11) is 1.67. The zero-order chi connectivity index (χ0) is 23.1. The highest BCUT2D eigenvalue weighted by atomic mass is 19.2. The first-order chi connectivity index (χ1) is 15.4. The molecule has 1 saturated heterocycles. The SMILES string of the molecule is C/C(=C/C=O)N=C(COc1ccc(F)c(F)c1)N(C)c1ccc(N2CCOCC2)c(F)c1. The number of ether oxygens (including phenoxy) is 2. The van der Waals surface area contributed by atoms with Crippen LogP contribution in [0.15, 0.2) is 53.2 Å². The van der Waals surface area contributed by atoms with Crippen molar-refractivity contribution in [2.24, 2.45) is 4.99 Å². The lowest BCUT2D eigenvalue weighted by atomic mass is 10.2. The first-order valence-electron chi connectivity index (χ1n) is 10.0. The van der Waals surface area contributed by atoms with Crippen molar-refractivity contribution >= 4 is 23.5 Å². The molecular weight excluding hydrogens is 423 g/mol. The summed E-state index contributed by atoms with van der Waals surface area (Å²) in [5.74, 6) is -1.96. The quantitative estimate of drug-likeness (QED) is 0.278. The number of amidine groups is 1. The number of carbonyl (C=O) groups excluding carboxylic acids is 1. The molecule has 6 nitrogen and oxygen atoms in total. The highest BCUT2D eigenvalue weighted by molar-refractivity contribution is 5.99. The summed E-state index contributed by atoms with van der Waals surface area (Å²) in [6.07, 6.45) is 1.87. The van der Waals surface area contributed by atoms with E-state index >= 15 is 0 Å². The first-order valence-corrected chi connectivity index (χ1v) is 10.0. The molecule has 9 heteroatoms. The number of halogens is 3. The van der Waals surface area contributed by atoms with Gasteiger partial charge in [0.25, 0.3) is 0 Å². The number of allylic oxidation sites excluding steroid dienone is 2. The minimum atomic E-state index is -1.04. The minimum absolute atomic E-state index is 0.107. The molecule has 0 N–H and O–H groups in total. The van der Waals surface area contributed by atoms with Crippen LogP contribution in [0.3, 0.4) is 0 Å². The average molecular weight is 447 g/mol. The monoisotopic (exact) mass is 447 g/mol. The van der Waals surface area contributed by atoms with Crippen LogP contribution in [0.25, 0.3) is 0 Å². The number of rotatable bonds is 7. The molecule has 2 aromatic rings. The van der Waals surface area contributed by atoms with Crippen molar-refractivity contribution in [2.75, 3.05) is 49.8 Å². The molecule has 0 unspecified atom stereocenters. The van der Waals surface area contributed by atoms with Crippen molar-refractivity contribution in [2.45, 2.75) is 6.92 Å². The Morgan fingerprint density at radius 3 is 2.53 bits per heavy atom. The first kappa shape index (κ1) is 23.3. The maximum atomic E-state index is 14.9. The van der Waals surface area contributed by atoms with Crippen LogP contribution in [0.4, 0.5) is 24.5 Å². The Balaban J connectivity index is 1.83. The van der Waals surface area contributed by atoms with Gasteiger partial charge in [0, 0.05) is 37.6 Å². The van der Waals surface area contributed by atoms with Gasteiger partial charge in [-0.25, -0.2) is 18.2 Å². The van der Waals surface area contributed by atoms with Crippen molar-refractivity contribution < 1.29 is 27.4 Å². The summed E-state index contributed by atoms with van der Waals surface area (Å²) < 4.78 is 52.4. The van der Waals surface area contributed by atoms with Crippen molar-refractivity contribution in [1.82, 2.24) is 0 Å². The zero-order valence-electron chi connectivity index (χ0n) is 17.9. The van der Waals surface area contributed by atoms with Crippen LogP contribution in [0.1, 0.15) is 6.92 Å². The van der Waals surface area contributed by atoms with Crippen LogP contribution in [0, 0.1) is 17.5 Å². The van der Waals surface area contributed by atoms with E-state index in [9.17, 15) is 18.0 Å². The summed E-state index contributed by atoms with van der Waals surface area (Å²) in [5, 5.41) is 0. The molecule has 1 aliphatic rings. The van der Waals surface area contributed by atoms with Gasteiger partial charge in [-0.3, -0.25) is 4.79 Å². The molecule has 0 atom stereocenters. The number of likely N-dealkylation sites (N-methyl/N-ethyl adjacent to an activating group) is 1. The Kier molecular flexibility index (Phi) is 7.88. The zero-order valence-corrected chi connectivity index (χ0v) is 17.9. The smallest absolute Gasteiger partial charge is 0.162 e. The summed E-state index contributed by atoms with van der Waals surface area (Å²) in [4.78, 5) is 18.7. The third-order valence-electron chi connectivity index (χ3n) is 4.93. The maximum absolute atomic E-state index is 14.9. The Hall–Kier alpha value is -3.33. The van der Waals surface area contributed by atoms with Gasteiger partial charge >= 0.3 is 0 Å². The lowest BCUT2D eigenvalue weighted by Crippen LogP contribution is -2.37. The average Bonchev–Trinajstić information content (AvgIpc) is 2.79. The van der Waals surface area contributed by atoms with E-state index in [-0.39, 0.29) is 12.4 Å². The lowest BCUT2D eigenvalue weighted by Gasteiger charge is -2.30. The predicted octanol–water partition coefficient (Wildman–Crippen LogP) is 3.96. The Labute approximate surface area is 184 Å². The number of morpholine rings is 1. The van der Waals surface area contributed by atoms with Crippen LogP contribution in [0.2, 0.25) is 0 Å². The fourth-order valence-corrected chi connectivity index (χ4v) is 3.17. The molecule has 0 saturated carbocycles. The van der Waals surface area contributed by atoms with Gasteiger partial charge in [-0.1, -0.05) is 0 Å². The van der Waals surface area contributed by atoms with Crippen LogP contribution >= 0.6 is 0 Å². The third-order valence-corrected chi connectivity index (χ3v) is 4.93. The fourth-order valence-electron chi connectivity index (χ4n) is 3.17. The van der Waals surface area contributed by atoms with Crippen molar-refractivity contribution in [3.63, 3.8) is 0 Å². The topological polar surface area (TPSA) is 54.4 Å². The summed E-state index contributed by atoms with van der Waals surface area (Å²) in [5.41, 5.74) is 1.39. The molecule has 1 fully saturated rings. The Morgan fingerprint density at radius 2 is 1.88 bits per heavy atom. The van der Waals surface area contributed by atoms with Crippen molar-refractivity contribution in [1.29, 1.82) is 0 Å². The number of aldehydes is 1. The Bertz CT molecular complexity index is 1020. The normalized spacial score (nSPS) is 15.0. The second kappa shape index (κ2) is 10.8. The van der Waals surface area contributed by atoms with Gasteiger partial charge in [-0.15, -0.1) is 0 Å². The van der Waals surface area contributed by atoms with E-state index in [0.29, 0.717) is 55.5 Å². The van der Waals surface area contributed by atoms with Gasteiger partial charge in [-0.05, 0) is 43.3 Å². The molecule has 0 aromatic heterocycles. The van der Waals surface area contributed by atoms with E-state index in [4.69, 9.17) is 9.47 Å². The van der Waals surface area contributed by atoms with Gasteiger partial charge in [0.1, 0.15) is 30.3 Å². The van der Waals surface area contributed by atoms with E-state index < -0.39 is 17.5 Å². The highest BCUT2D eigenvalue weighted by Crippen LogP contribution is 2.26. The molecule has 1 aliphatic heterocycles. The number of hydrogen-bond donors (Lipinski definition) is 0. The summed E-state index contributed by atoms with van der Waals surface area (Å²) in [6.45, 7) is 3.80. The molecular formula is C23H24F3N3O3. The van der Waals surface area contributed by atoms with Gasteiger partial charge in [0.05, 0.1) is 18.9 Å². The van der Waals surface area contributed by atoms with Crippen molar-refractivity contribution in [3.8, 4) is 5.75 Å². The molecule has 0 radical (unpaired) electrons. The largest absolute Gasteiger partial charge is 0.486 e. The number of anilines is 2. The fraction of sp³-hybridized carbons (Fsp3) is 0.304. The Morgan fingerprint density at radius 1 is 1.12 bits per heavy atom. The lowest BCUT2D eigenvalue weighted by molar-refractivity contribution is -0.104. The number of nitrogens with zero attached hydrogens (tertiary/aromatic N) is 3.